The van der Waals surface area contributed by atoms with Gasteiger partial charge in [-0.15, -0.1) is 0 Å². The molecule has 124 valence electrons. The van der Waals surface area contributed by atoms with Gasteiger partial charge in [-0.25, -0.2) is 9.59 Å². The van der Waals surface area contributed by atoms with Gasteiger partial charge in [0, 0.05) is 6.42 Å². The number of hydrogen-bond acceptors (Lipinski definition) is 5. The van der Waals surface area contributed by atoms with Gasteiger partial charge in [-0.2, -0.15) is 0 Å². The van der Waals surface area contributed by atoms with Crippen LogP contribution in [0.4, 0.5) is 4.79 Å². The third-order valence-electron chi connectivity index (χ3n) is 4.08. The summed E-state index contributed by atoms with van der Waals surface area (Å²) in [6.45, 7) is 0.544. The summed E-state index contributed by atoms with van der Waals surface area (Å²) < 4.78 is 16.0. The molecule has 2 aliphatic rings. The largest absolute Gasteiger partial charge is 0.467 e. The molecule has 6 nitrogen and oxygen atoms in total. The van der Waals surface area contributed by atoms with Crippen molar-refractivity contribution in [2.45, 2.75) is 44.1 Å². The van der Waals surface area contributed by atoms with Crippen molar-refractivity contribution in [3.63, 3.8) is 0 Å². The number of ether oxygens (including phenoxy) is 3. The Morgan fingerprint density at radius 3 is 2.57 bits per heavy atom. The van der Waals surface area contributed by atoms with Gasteiger partial charge in [-0.05, 0) is 18.4 Å². The highest BCUT2D eigenvalue weighted by Gasteiger charge is 2.43. The molecule has 0 spiro atoms. The monoisotopic (exact) mass is 319 g/mol. The summed E-state index contributed by atoms with van der Waals surface area (Å²) in [4.78, 5) is 25.7. The molecule has 0 unspecified atom stereocenters. The van der Waals surface area contributed by atoms with E-state index in [1.165, 1.54) is 12.0 Å². The zero-order valence-corrected chi connectivity index (χ0v) is 13.1. The maximum Gasteiger partial charge on any atom is 0.410 e. The minimum Gasteiger partial charge on any atom is -0.467 e. The van der Waals surface area contributed by atoms with Gasteiger partial charge in [0.05, 0.1) is 25.9 Å². The average Bonchev–Trinajstić information content (AvgIpc) is 3.29. The molecule has 3 rings (SSSR count). The fourth-order valence-electron chi connectivity index (χ4n) is 2.74. The smallest absolute Gasteiger partial charge is 0.410 e. The minimum absolute atomic E-state index is 0.129. The first kappa shape index (κ1) is 15.8. The number of likely N-dealkylation sites (tertiary alicyclic amines) is 1. The quantitative estimate of drug-likeness (QED) is 0.778. The highest BCUT2D eigenvalue weighted by atomic mass is 16.6. The fourth-order valence-corrected chi connectivity index (χ4v) is 2.74. The molecule has 0 radical (unpaired) electrons. The lowest BCUT2D eigenvalue weighted by Crippen LogP contribution is -2.41. The van der Waals surface area contributed by atoms with Crippen molar-refractivity contribution in [1.82, 2.24) is 4.90 Å². The van der Waals surface area contributed by atoms with Crippen LogP contribution in [-0.4, -0.2) is 48.9 Å². The molecule has 2 atom stereocenters. The summed E-state index contributed by atoms with van der Waals surface area (Å²) >= 11 is 0. The highest BCUT2D eigenvalue weighted by molar-refractivity contribution is 5.82. The Bertz CT molecular complexity index is 557. The molecule has 0 bridgehead atoms. The lowest BCUT2D eigenvalue weighted by Gasteiger charge is -2.21. The van der Waals surface area contributed by atoms with Gasteiger partial charge in [0.1, 0.15) is 12.6 Å². The summed E-state index contributed by atoms with van der Waals surface area (Å²) in [6.07, 6.45) is 2.21. The minimum atomic E-state index is -0.632. The van der Waals surface area contributed by atoms with E-state index in [1.54, 1.807) is 0 Å². The molecule has 1 aliphatic carbocycles. The van der Waals surface area contributed by atoms with E-state index in [2.05, 4.69) is 0 Å². The zero-order valence-electron chi connectivity index (χ0n) is 13.1. The lowest BCUT2D eigenvalue weighted by molar-refractivity contribution is -0.145. The highest BCUT2D eigenvalue weighted by Crippen LogP contribution is 2.30. The van der Waals surface area contributed by atoms with Crippen LogP contribution in [0.2, 0.25) is 0 Å². The first-order valence-electron chi connectivity index (χ1n) is 7.88. The van der Waals surface area contributed by atoms with E-state index in [1.807, 2.05) is 30.3 Å². The first-order valence-corrected chi connectivity index (χ1v) is 7.88. The first-order chi connectivity index (χ1) is 11.2. The second-order valence-electron chi connectivity index (χ2n) is 5.92. The molecule has 1 amide bonds. The average molecular weight is 319 g/mol. The van der Waals surface area contributed by atoms with Gasteiger partial charge < -0.3 is 14.2 Å². The molecule has 1 aliphatic heterocycles. The van der Waals surface area contributed by atoms with E-state index < -0.39 is 18.1 Å². The van der Waals surface area contributed by atoms with Crippen molar-refractivity contribution >= 4 is 12.1 Å². The maximum atomic E-state index is 12.3. The van der Waals surface area contributed by atoms with Crippen molar-refractivity contribution in [1.29, 1.82) is 0 Å². The standard InChI is InChI=1S/C17H21NO5/c1-21-16(19)15-9-14(23-13-7-8-13)10-18(15)17(20)22-11-12-5-3-2-4-6-12/h2-6,13-15H,7-11H2,1H3/t14-,15+/m1/s1. The molecule has 23 heavy (non-hydrogen) atoms. The molecule has 1 aromatic rings. The van der Waals surface area contributed by atoms with Crippen molar-refractivity contribution < 1.29 is 23.8 Å². The Morgan fingerprint density at radius 2 is 1.91 bits per heavy atom. The number of esters is 1. The third-order valence-corrected chi connectivity index (χ3v) is 4.08. The van der Waals surface area contributed by atoms with Crippen molar-refractivity contribution in [3.8, 4) is 0 Å². The number of carbonyl (C=O) groups is 2. The molecule has 1 saturated carbocycles. The van der Waals surface area contributed by atoms with E-state index in [-0.39, 0.29) is 18.8 Å². The Balaban J connectivity index is 1.59. The molecule has 1 saturated heterocycles. The number of hydrogen-bond donors (Lipinski definition) is 0. The normalized spacial score (nSPS) is 23.6. The van der Waals surface area contributed by atoms with Crippen molar-refractivity contribution in [3.05, 3.63) is 35.9 Å². The van der Waals surface area contributed by atoms with Crippen LogP contribution in [0.5, 0.6) is 0 Å². The summed E-state index contributed by atoms with van der Waals surface area (Å²) in [7, 11) is 1.32. The molecule has 0 N–H and O–H groups in total. The summed E-state index contributed by atoms with van der Waals surface area (Å²) in [5.41, 5.74) is 0.903. The predicted octanol–water partition coefficient (Wildman–Crippen LogP) is 2.12. The SMILES string of the molecule is COC(=O)[C@@H]1C[C@@H](OC2CC2)CN1C(=O)OCc1ccccc1. The van der Waals surface area contributed by atoms with Crippen LogP contribution < -0.4 is 0 Å². The Labute approximate surface area is 135 Å². The zero-order chi connectivity index (χ0) is 16.2. The second kappa shape index (κ2) is 7.00. The molecular weight excluding hydrogens is 298 g/mol. The van der Waals surface area contributed by atoms with Crippen molar-refractivity contribution in [2.24, 2.45) is 0 Å². The predicted molar refractivity (Wildman–Crippen MR) is 81.6 cm³/mol. The Hall–Kier alpha value is -2.08. The summed E-state index contributed by atoms with van der Waals surface area (Å²) in [6, 6.07) is 8.80. The molecule has 1 heterocycles. The molecule has 0 aromatic heterocycles. The van der Waals surface area contributed by atoms with Gasteiger partial charge in [0.25, 0.3) is 0 Å². The molecular formula is C17H21NO5. The van der Waals surface area contributed by atoms with Crippen LogP contribution in [-0.2, 0) is 25.6 Å². The Kier molecular flexibility index (Phi) is 4.81. The van der Waals surface area contributed by atoms with Crippen molar-refractivity contribution in [2.75, 3.05) is 13.7 Å². The molecule has 2 fully saturated rings. The van der Waals surface area contributed by atoms with E-state index in [0.29, 0.717) is 13.0 Å². The van der Waals surface area contributed by atoms with Gasteiger partial charge in [-0.3, -0.25) is 4.90 Å². The van der Waals surface area contributed by atoms with E-state index in [4.69, 9.17) is 14.2 Å². The third kappa shape index (κ3) is 4.01. The summed E-state index contributed by atoms with van der Waals surface area (Å²) in [5.74, 6) is -0.427. The fraction of sp³-hybridized carbons (Fsp3) is 0.529. The Morgan fingerprint density at radius 1 is 1.17 bits per heavy atom. The number of nitrogens with zero attached hydrogens (tertiary/aromatic N) is 1. The van der Waals surface area contributed by atoms with E-state index >= 15 is 0 Å². The number of methoxy groups -OCH3 is 1. The maximum absolute atomic E-state index is 12.3. The van der Waals surface area contributed by atoms with Gasteiger partial charge >= 0.3 is 12.1 Å². The topological polar surface area (TPSA) is 65.1 Å². The lowest BCUT2D eigenvalue weighted by atomic mass is 10.2. The number of benzene rings is 1. The number of amides is 1. The van der Waals surface area contributed by atoms with Crippen LogP contribution >= 0.6 is 0 Å². The van der Waals surface area contributed by atoms with Crippen LogP contribution in [0.3, 0.4) is 0 Å². The van der Waals surface area contributed by atoms with Crippen LogP contribution in [0, 0.1) is 0 Å². The molecule has 1 aromatic carbocycles. The second-order valence-corrected chi connectivity index (χ2v) is 5.92. The molecule has 6 heteroatoms. The van der Waals surface area contributed by atoms with Gasteiger partial charge in [-0.1, -0.05) is 30.3 Å². The van der Waals surface area contributed by atoms with Crippen LogP contribution in [0.1, 0.15) is 24.8 Å². The van der Waals surface area contributed by atoms with Crippen LogP contribution in [0.25, 0.3) is 0 Å². The van der Waals surface area contributed by atoms with Gasteiger partial charge in [0.2, 0.25) is 0 Å². The number of rotatable bonds is 5. The van der Waals surface area contributed by atoms with E-state index in [0.717, 1.165) is 18.4 Å². The van der Waals surface area contributed by atoms with Gasteiger partial charge in [0.15, 0.2) is 0 Å². The van der Waals surface area contributed by atoms with E-state index in [9.17, 15) is 9.59 Å². The number of carbonyl (C=O) groups excluding carboxylic acids is 2. The summed E-state index contributed by atoms with van der Waals surface area (Å²) in [5, 5.41) is 0. The van der Waals surface area contributed by atoms with Crippen LogP contribution in [0.15, 0.2) is 30.3 Å².